The molecule has 2 atom stereocenters. The highest BCUT2D eigenvalue weighted by Crippen LogP contribution is 2.25. The Kier molecular flexibility index (Phi) is 4.49. The summed E-state index contributed by atoms with van der Waals surface area (Å²) in [6.45, 7) is 0. The summed E-state index contributed by atoms with van der Waals surface area (Å²) < 4.78 is 4.76. The van der Waals surface area contributed by atoms with Crippen LogP contribution in [0.3, 0.4) is 0 Å². The fourth-order valence-electron chi connectivity index (χ4n) is 2.46. The van der Waals surface area contributed by atoms with E-state index in [-0.39, 0.29) is 23.8 Å². The second kappa shape index (κ2) is 6.31. The van der Waals surface area contributed by atoms with Gasteiger partial charge in [-0.15, -0.1) is 0 Å². The zero-order chi connectivity index (χ0) is 13.7. The molecular weight excluding hydrogens is 244 g/mol. The number of aromatic nitrogens is 1. The molecule has 0 saturated heterocycles. The first kappa shape index (κ1) is 13.5. The molecule has 5 nitrogen and oxygen atoms in total. The molecular formula is C14H18N2O3. The summed E-state index contributed by atoms with van der Waals surface area (Å²) in [7, 11) is 1.40. The van der Waals surface area contributed by atoms with E-state index in [2.05, 4.69) is 10.3 Å². The first-order valence-corrected chi connectivity index (χ1v) is 6.50. The van der Waals surface area contributed by atoms with Crippen molar-refractivity contribution >= 4 is 11.9 Å². The van der Waals surface area contributed by atoms with Crippen molar-refractivity contribution in [1.82, 2.24) is 10.3 Å². The molecule has 1 N–H and O–H groups in total. The maximum atomic E-state index is 12.0. The van der Waals surface area contributed by atoms with Crippen LogP contribution in [0.4, 0.5) is 0 Å². The largest absolute Gasteiger partial charge is 0.469 e. The third kappa shape index (κ3) is 3.53. The molecule has 102 valence electrons. The zero-order valence-electron chi connectivity index (χ0n) is 11.0. The van der Waals surface area contributed by atoms with Gasteiger partial charge in [-0.2, -0.15) is 0 Å². The summed E-state index contributed by atoms with van der Waals surface area (Å²) in [6.07, 6.45) is 4.89. The topological polar surface area (TPSA) is 68.3 Å². The van der Waals surface area contributed by atoms with Gasteiger partial charge in [0, 0.05) is 12.2 Å². The van der Waals surface area contributed by atoms with Crippen molar-refractivity contribution in [3.63, 3.8) is 0 Å². The summed E-state index contributed by atoms with van der Waals surface area (Å²) >= 11 is 0. The van der Waals surface area contributed by atoms with Crippen molar-refractivity contribution in [2.45, 2.75) is 31.7 Å². The average Bonchev–Trinajstić information content (AvgIpc) is 2.47. The Hall–Kier alpha value is -1.91. The Morgan fingerprint density at radius 3 is 2.89 bits per heavy atom. The van der Waals surface area contributed by atoms with Crippen molar-refractivity contribution in [3.05, 3.63) is 30.1 Å². The molecule has 0 spiro atoms. The molecule has 1 aliphatic carbocycles. The molecule has 2 unspecified atom stereocenters. The molecule has 1 amide bonds. The Labute approximate surface area is 112 Å². The predicted octanol–water partition coefficient (Wildman–Crippen LogP) is 1.54. The third-order valence-electron chi connectivity index (χ3n) is 3.44. The van der Waals surface area contributed by atoms with Gasteiger partial charge in [0.05, 0.1) is 13.0 Å². The van der Waals surface area contributed by atoms with E-state index in [1.807, 2.05) is 0 Å². The maximum Gasteiger partial charge on any atom is 0.308 e. The Bertz CT molecular complexity index is 447. The van der Waals surface area contributed by atoms with Crippen LogP contribution < -0.4 is 5.32 Å². The van der Waals surface area contributed by atoms with Crippen LogP contribution in [0.1, 0.15) is 36.2 Å². The highest BCUT2D eigenvalue weighted by Gasteiger charge is 2.28. The van der Waals surface area contributed by atoms with Crippen molar-refractivity contribution in [2.24, 2.45) is 5.92 Å². The number of carbonyl (C=O) groups is 2. The van der Waals surface area contributed by atoms with Gasteiger partial charge in [-0.1, -0.05) is 12.5 Å². The molecule has 1 heterocycles. The quantitative estimate of drug-likeness (QED) is 0.839. The fourth-order valence-corrected chi connectivity index (χ4v) is 2.46. The van der Waals surface area contributed by atoms with Crippen LogP contribution in [0.25, 0.3) is 0 Å². The van der Waals surface area contributed by atoms with E-state index in [1.54, 1.807) is 24.4 Å². The molecule has 0 radical (unpaired) electrons. The lowest BCUT2D eigenvalue weighted by Crippen LogP contribution is -2.40. The highest BCUT2D eigenvalue weighted by molar-refractivity contribution is 5.92. The molecule has 1 saturated carbocycles. The highest BCUT2D eigenvalue weighted by atomic mass is 16.5. The second-order valence-electron chi connectivity index (χ2n) is 4.77. The van der Waals surface area contributed by atoms with Crippen LogP contribution in [0.15, 0.2) is 24.4 Å². The number of methoxy groups -OCH3 is 1. The van der Waals surface area contributed by atoms with Crippen molar-refractivity contribution < 1.29 is 14.3 Å². The Balaban J connectivity index is 1.92. The van der Waals surface area contributed by atoms with Crippen LogP contribution in [-0.4, -0.2) is 30.0 Å². The van der Waals surface area contributed by atoms with E-state index in [0.29, 0.717) is 12.1 Å². The standard InChI is InChI=1S/C14H18N2O3/c1-19-14(18)10-5-4-6-11(9-10)16-13(17)12-7-2-3-8-15-12/h2-3,7-8,10-11H,4-6,9H2,1H3,(H,16,17). The van der Waals surface area contributed by atoms with Crippen LogP contribution in [0.2, 0.25) is 0 Å². The summed E-state index contributed by atoms with van der Waals surface area (Å²) in [5, 5.41) is 2.93. The normalized spacial score (nSPS) is 22.6. The van der Waals surface area contributed by atoms with Crippen LogP contribution >= 0.6 is 0 Å². The van der Waals surface area contributed by atoms with Gasteiger partial charge in [0.1, 0.15) is 5.69 Å². The summed E-state index contributed by atoms with van der Waals surface area (Å²) in [4.78, 5) is 27.5. The number of amides is 1. The third-order valence-corrected chi connectivity index (χ3v) is 3.44. The summed E-state index contributed by atoms with van der Waals surface area (Å²) in [6, 6.07) is 5.24. The molecule has 5 heteroatoms. The van der Waals surface area contributed by atoms with E-state index in [4.69, 9.17) is 4.74 Å². The van der Waals surface area contributed by atoms with E-state index in [0.717, 1.165) is 19.3 Å². The first-order valence-electron chi connectivity index (χ1n) is 6.50. The fraction of sp³-hybridized carbons (Fsp3) is 0.500. The number of carbonyl (C=O) groups excluding carboxylic acids is 2. The minimum Gasteiger partial charge on any atom is -0.469 e. The van der Waals surface area contributed by atoms with Crippen molar-refractivity contribution in [2.75, 3.05) is 7.11 Å². The van der Waals surface area contributed by atoms with Crippen LogP contribution in [0, 0.1) is 5.92 Å². The van der Waals surface area contributed by atoms with Gasteiger partial charge in [-0.05, 0) is 31.4 Å². The molecule has 1 aromatic rings. The molecule has 1 fully saturated rings. The van der Waals surface area contributed by atoms with E-state index in [1.165, 1.54) is 7.11 Å². The van der Waals surface area contributed by atoms with Gasteiger partial charge in [0.25, 0.3) is 5.91 Å². The van der Waals surface area contributed by atoms with Gasteiger partial charge in [-0.3, -0.25) is 14.6 Å². The van der Waals surface area contributed by atoms with E-state index in [9.17, 15) is 9.59 Å². The number of rotatable bonds is 3. The van der Waals surface area contributed by atoms with Gasteiger partial charge >= 0.3 is 5.97 Å². The molecule has 2 rings (SSSR count). The van der Waals surface area contributed by atoms with Crippen LogP contribution in [-0.2, 0) is 9.53 Å². The zero-order valence-corrected chi connectivity index (χ0v) is 11.0. The minimum atomic E-state index is -0.184. The number of esters is 1. The number of hydrogen-bond acceptors (Lipinski definition) is 4. The molecule has 0 bridgehead atoms. The van der Waals surface area contributed by atoms with Crippen LogP contribution in [0.5, 0.6) is 0 Å². The molecule has 0 aliphatic heterocycles. The predicted molar refractivity (Wildman–Crippen MR) is 69.5 cm³/mol. The summed E-state index contributed by atoms with van der Waals surface area (Å²) in [5.41, 5.74) is 0.405. The molecule has 1 aromatic heterocycles. The molecule has 19 heavy (non-hydrogen) atoms. The lowest BCUT2D eigenvalue weighted by Gasteiger charge is -2.28. The average molecular weight is 262 g/mol. The number of hydrogen-bond donors (Lipinski definition) is 1. The lowest BCUT2D eigenvalue weighted by atomic mass is 9.85. The van der Waals surface area contributed by atoms with Gasteiger partial charge in [-0.25, -0.2) is 0 Å². The van der Waals surface area contributed by atoms with Crippen molar-refractivity contribution in [1.29, 1.82) is 0 Å². The Morgan fingerprint density at radius 1 is 1.37 bits per heavy atom. The smallest absolute Gasteiger partial charge is 0.308 e. The SMILES string of the molecule is COC(=O)C1CCCC(NC(=O)c2ccccn2)C1. The maximum absolute atomic E-state index is 12.0. The summed E-state index contributed by atoms with van der Waals surface area (Å²) in [5.74, 6) is -0.472. The number of nitrogens with one attached hydrogen (secondary N) is 1. The number of pyridine rings is 1. The minimum absolute atomic E-state index is 0.0207. The van der Waals surface area contributed by atoms with Crippen molar-refractivity contribution in [3.8, 4) is 0 Å². The van der Waals surface area contributed by atoms with E-state index < -0.39 is 0 Å². The molecule has 1 aliphatic rings. The monoisotopic (exact) mass is 262 g/mol. The van der Waals surface area contributed by atoms with Gasteiger partial charge in [0.2, 0.25) is 0 Å². The number of nitrogens with zero attached hydrogens (tertiary/aromatic N) is 1. The van der Waals surface area contributed by atoms with E-state index >= 15 is 0 Å². The van der Waals surface area contributed by atoms with Gasteiger partial charge < -0.3 is 10.1 Å². The second-order valence-corrected chi connectivity index (χ2v) is 4.77. The Morgan fingerprint density at radius 2 is 2.21 bits per heavy atom. The molecule has 0 aromatic carbocycles. The van der Waals surface area contributed by atoms with Gasteiger partial charge in [0.15, 0.2) is 0 Å². The number of ether oxygens (including phenoxy) is 1. The lowest BCUT2D eigenvalue weighted by molar-refractivity contribution is -0.146. The first-order chi connectivity index (χ1) is 9.20.